The van der Waals surface area contributed by atoms with Gasteiger partial charge in [-0.05, 0) is 39.9 Å². The van der Waals surface area contributed by atoms with Gasteiger partial charge in [0.05, 0.1) is 0 Å². The summed E-state index contributed by atoms with van der Waals surface area (Å²) in [6.45, 7) is 10.9. The second-order valence-corrected chi connectivity index (χ2v) is 9.54. The van der Waals surface area contributed by atoms with Gasteiger partial charge in [0.25, 0.3) is 0 Å². The van der Waals surface area contributed by atoms with Crippen LogP contribution in [-0.4, -0.2) is 13.9 Å². The maximum absolute atomic E-state index is 6.13. The summed E-state index contributed by atoms with van der Waals surface area (Å²) in [6.07, 6.45) is 8.69. The van der Waals surface area contributed by atoms with Gasteiger partial charge in [0.15, 0.2) is 8.32 Å². The van der Waals surface area contributed by atoms with Gasteiger partial charge in [0.2, 0.25) is 0 Å². The van der Waals surface area contributed by atoms with E-state index < -0.39 is 8.32 Å². The first-order chi connectivity index (χ1) is 6.29. The van der Waals surface area contributed by atoms with E-state index in [1.807, 2.05) is 0 Å². The molecule has 100 valence electrons. The van der Waals surface area contributed by atoms with Gasteiger partial charge in [-0.25, -0.2) is 11.6 Å². The van der Waals surface area contributed by atoms with Crippen molar-refractivity contribution < 1.29 is 26.1 Å². The molecule has 0 aromatic carbocycles. The van der Waals surface area contributed by atoms with Gasteiger partial charge in [0, 0.05) is 27.3 Å². The third-order valence-corrected chi connectivity index (χ3v) is 4.36. The minimum atomic E-state index is -1.55. The Morgan fingerprint density at radius 1 is 1.29 bits per heavy atom. The molecule has 0 N–H and O–H groups in total. The van der Waals surface area contributed by atoms with Crippen LogP contribution in [0.25, 0.3) is 0 Å². The standard InChI is InChI=1S/C12H21OSi.2ClH.Ti/c1-12(2,3)13-14(4,5)10-11-8-6-7-9-11;;;/h6,8H,7,10H2,1-5H3;2*1H;/q-1;;;. The molecule has 17 heavy (non-hydrogen) atoms. The van der Waals surface area contributed by atoms with Gasteiger partial charge in [-0.2, -0.15) is 6.08 Å². The zero-order valence-electron chi connectivity index (χ0n) is 11.3. The summed E-state index contributed by atoms with van der Waals surface area (Å²) in [6, 6.07) is 1.08. The average Bonchev–Trinajstić information content (AvgIpc) is 2.31. The Hall–Kier alpha value is 0.951. The first-order valence-corrected chi connectivity index (χ1v) is 8.36. The van der Waals surface area contributed by atoms with E-state index in [0.29, 0.717) is 0 Å². The Morgan fingerprint density at radius 3 is 2.18 bits per heavy atom. The Morgan fingerprint density at radius 2 is 1.82 bits per heavy atom. The largest absolute Gasteiger partial charge is 0.413 e. The van der Waals surface area contributed by atoms with Gasteiger partial charge >= 0.3 is 0 Å². The van der Waals surface area contributed by atoms with Crippen LogP contribution in [0.4, 0.5) is 0 Å². The zero-order chi connectivity index (χ0) is 10.8. The van der Waals surface area contributed by atoms with Crippen molar-refractivity contribution in [3.8, 4) is 0 Å². The molecule has 0 saturated heterocycles. The molecule has 0 spiro atoms. The van der Waals surface area contributed by atoms with Crippen LogP contribution in [0.5, 0.6) is 0 Å². The zero-order valence-corrected chi connectivity index (χ0v) is 15.5. The van der Waals surface area contributed by atoms with Crippen molar-refractivity contribution in [2.24, 2.45) is 0 Å². The first kappa shape index (κ1) is 23.1. The van der Waals surface area contributed by atoms with Crippen LogP contribution in [-0.2, 0) is 26.1 Å². The first-order valence-electron chi connectivity index (χ1n) is 5.25. The fourth-order valence-corrected chi connectivity index (χ4v) is 4.79. The van der Waals surface area contributed by atoms with Crippen LogP contribution in [0.2, 0.25) is 19.1 Å². The maximum atomic E-state index is 6.13. The van der Waals surface area contributed by atoms with Crippen molar-refractivity contribution in [1.29, 1.82) is 0 Å². The van der Waals surface area contributed by atoms with Crippen LogP contribution in [0.15, 0.2) is 17.7 Å². The second-order valence-electron chi connectivity index (χ2n) is 5.46. The predicted molar refractivity (Wildman–Crippen MR) is 78.1 cm³/mol. The fraction of sp³-hybridized carbons (Fsp3) is 0.667. The second kappa shape index (κ2) is 8.95. The molecule has 1 aliphatic carbocycles. The molecular formula is C12H23Cl2OSiTi-. The summed E-state index contributed by atoms with van der Waals surface area (Å²) >= 11 is 0. The molecule has 1 rings (SSSR count). The molecule has 5 heteroatoms. The molecule has 0 aromatic heterocycles. The molecular weight excluding hydrogens is 307 g/mol. The summed E-state index contributed by atoms with van der Waals surface area (Å²) in [7, 11) is -1.55. The van der Waals surface area contributed by atoms with Crippen LogP contribution < -0.4 is 0 Å². The van der Waals surface area contributed by atoms with E-state index in [1.54, 1.807) is 0 Å². The molecule has 1 nitrogen and oxygen atoms in total. The number of hydrogen-bond acceptors (Lipinski definition) is 1. The fourth-order valence-electron chi connectivity index (χ4n) is 1.90. The van der Waals surface area contributed by atoms with Gasteiger partial charge in [-0.15, -0.1) is 31.2 Å². The molecule has 0 aromatic rings. The summed E-state index contributed by atoms with van der Waals surface area (Å²) in [5.74, 6) is 0. The van der Waals surface area contributed by atoms with Crippen molar-refractivity contribution >= 4 is 33.1 Å². The van der Waals surface area contributed by atoms with E-state index in [1.165, 1.54) is 5.57 Å². The molecule has 0 aliphatic heterocycles. The van der Waals surface area contributed by atoms with Crippen LogP contribution >= 0.6 is 24.8 Å². The number of halogens is 2. The summed E-state index contributed by atoms with van der Waals surface area (Å²) in [5.41, 5.74) is 1.32. The van der Waals surface area contributed by atoms with Crippen molar-refractivity contribution in [1.82, 2.24) is 0 Å². The number of hydrogen-bond donors (Lipinski definition) is 0. The van der Waals surface area contributed by atoms with Gasteiger partial charge in [0.1, 0.15) is 0 Å². The van der Waals surface area contributed by atoms with E-state index in [-0.39, 0.29) is 52.1 Å². The molecule has 0 bridgehead atoms. The number of rotatable bonds is 3. The molecule has 0 amide bonds. The van der Waals surface area contributed by atoms with Gasteiger partial charge in [-0.3, -0.25) is 6.08 Å². The van der Waals surface area contributed by atoms with Crippen LogP contribution in [0.1, 0.15) is 27.2 Å². The van der Waals surface area contributed by atoms with Crippen molar-refractivity contribution in [2.45, 2.75) is 51.9 Å². The van der Waals surface area contributed by atoms with Crippen LogP contribution in [0, 0.1) is 6.08 Å². The third-order valence-electron chi connectivity index (χ3n) is 1.96. The Kier molecular flexibility index (Phi) is 12.1. The SMILES string of the molecule is CC(C)(C)O[Si](C)(C)CC1=[C-]CC=C1.Cl.Cl.[Ti]. The molecule has 0 saturated carbocycles. The van der Waals surface area contributed by atoms with Gasteiger partial charge < -0.3 is 4.43 Å². The van der Waals surface area contributed by atoms with E-state index in [4.69, 9.17) is 4.43 Å². The van der Waals surface area contributed by atoms with Crippen molar-refractivity contribution in [3.63, 3.8) is 0 Å². The maximum Gasteiger partial charge on any atom is 0.188 e. The Balaban J connectivity index is -0.000000653. The average molecular weight is 330 g/mol. The van der Waals surface area contributed by atoms with Crippen LogP contribution in [0.3, 0.4) is 0 Å². The molecule has 0 fully saturated rings. The molecule has 0 unspecified atom stereocenters. The van der Waals surface area contributed by atoms with Gasteiger partial charge in [-0.1, -0.05) is 0 Å². The smallest absolute Gasteiger partial charge is 0.188 e. The molecule has 1 aliphatic rings. The Bertz CT molecular complexity index is 270. The number of allylic oxidation sites excluding steroid dienone is 4. The van der Waals surface area contributed by atoms with E-state index in [0.717, 1.165) is 12.5 Å². The molecule has 0 heterocycles. The van der Waals surface area contributed by atoms with Crippen molar-refractivity contribution in [3.05, 3.63) is 23.8 Å². The Labute approximate surface area is 134 Å². The van der Waals surface area contributed by atoms with E-state index in [9.17, 15) is 0 Å². The predicted octanol–water partition coefficient (Wildman–Crippen LogP) is 4.54. The van der Waals surface area contributed by atoms with E-state index in [2.05, 4.69) is 52.1 Å². The summed E-state index contributed by atoms with van der Waals surface area (Å²) in [4.78, 5) is 0. The minimum absolute atomic E-state index is 0. The topological polar surface area (TPSA) is 9.23 Å². The third kappa shape index (κ3) is 10.6. The van der Waals surface area contributed by atoms with Crippen molar-refractivity contribution in [2.75, 3.05) is 0 Å². The van der Waals surface area contributed by atoms with E-state index >= 15 is 0 Å². The normalized spacial score (nSPS) is 14.3. The summed E-state index contributed by atoms with van der Waals surface area (Å²) in [5, 5.41) is 0. The summed E-state index contributed by atoms with van der Waals surface area (Å²) < 4.78 is 6.13. The quantitative estimate of drug-likeness (QED) is 0.545. The monoisotopic (exact) mass is 329 g/mol. The molecule has 0 radical (unpaired) electrons. The molecule has 0 atom stereocenters. The minimum Gasteiger partial charge on any atom is -0.413 e.